The van der Waals surface area contributed by atoms with Crippen molar-refractivity contribution in [1.82, 2.24) is 5.32 Å². The smallest absolute Gasteiger partial charge is 0.101 e. The van der Waals surface area contributed by atoms with E-state index in [0.29, 0.717) is 21.2 Å². The van der Waals surface area contributed by atoms with Gasteiger partial charge < -0.3 is 0 Å². The topological polar surface area (TPSA) is 37.9 Å². The fourth-order valence-corrected chi connectivity index (χ4v) is 1.74. The fourth-order valence-electron chi connectivity index (χ4n) is 1.34. The molecule has 73 valence electrons. The van der Waals surface area contributed by atoms with E-state index in [-0.39, 0.29) is 0 Å². The molecule has 0 unspecified atom stereocenters. The average Bonchev–Trinajstić information content (AvgIpc) is 2.70. The summed E-state index contributed by atoms with van der Waals surface area (Å²) >= 11 is 11.9. The van der Waals surface area contributed by atoms with Crippen LogP contribution in [0.15, 0.2) is 36.2 Å². The van der Waals surface area contributed by atoms with Gasteiger partial charge in [-0.05, 0) is 6.07 Å². The Balaban J connectivity index is 2.53. The SMILES string of the molecule is N#CC1=C[N]C=C1c1cccc(Cl)c1Cl. The molecule has 0 aliphatic carbocycles. The van der Waals surface area contributed by atoms with Gasteiger partial charge in [0, 0.05) is 23.5 Å². The first-order valence-electron chi connectivity index (χ1n) is 4.19. The normalized spacial score (nSPS) is 13.9. The molecule has 0 bridgehead atoms. The third-order valence-corrected chi connectivity index (χ3v) is 2.88. The first-order valence-corrected chi connectivity index (χ1v) is 4.95. The summed E-state index contributed by atoms with van der Waals surface area (Å²) in [7, 11) is 0. The van der Waals surface area contributed by atoms with E-state index in [1.54, 1.807) is 18.3 Å². The minimum Gasteiger partial charge on any atom is -0.263 e. The summed E-state index contributed by atoms with van der Waals surface area (Å²) in [6.45, 7) is 0. The molecule has 0 amide bonds. The van der Waals surface area contributed by atoms with Gasteiger partial charge in [-0.3, -0.25) is 5.32 Å². The number of nitriles is 1. The third-order valence-electron chi connectivity index (χ3n) is 2.06. The lowest BCUT2D eigenvalue weighted by molar-refractivity contribution is 1.20. The second kappa shape index (κ2) is 3.98. The molecule has 0 spiro atoms. The molecule has 1 aromatic rings. The summed E-state index contributed by atoms with van der Waals surface area (Å²) < 4.78 is 0. The van der Waals surface area contributed by atoms with Crippen LogP contribution in [-0.2, 0) is 0 Å². The second-order valence-corrected chi connectivity index (χ2v) is 3.73. The average molecular weight is 236 g/mol. The highest BCUT2D eigenvalue weighted by Crippen LogP contribution is 2.34. The molecule has 4 heteroatoms. The van der Waals surface area contributed by atoms with Crippen LogP contribution in [0.1, 0.15) is 5.56 Å². The van der Waals surface area contributed by atoms with Crippen LogP contribution in [0, 0.1) is 11.3 Å². The standard InChI is InChI=1S/C11H5Cl2N2/c12-10-3-1-2-8(11(10)13)9-6-15-5-7(9)4-14/h1-3,5-6H. The van der Waals surface area contributed by atoms with E-state index in [9.17, 15) is 0 Å². The Morgan fingerprint density at radius 3 is 2.73 bits per heavy atom. The van der Waals surface area contributed by atoms with Crippen LogP contribution in [-0.4, -0.2) is 0 Å². The summed E-state index contributed by atoms with van der Waals surface area (Å²) in [5, 5.41) is 13.7. The van der Waals surface area contributed by atoms with Crippen LogP contribution in [0.5, 0.6) is 0 Å². The number of benzene rings is 1. The van der Waals surface area contributed by atoms with Crippen LogP contribution < -0.4 is 5.32 Å². The first-order chi connectivity index (χ1) is 7.24. The fraction of sp³-hybridized carbons (Fsp3) is 0. The van der Waals surface area contributed by atoms with Gasteiger partial charge in [0.2, 0.25) is 0 Å². The summed E-state index contributed by atoms with van der Waals surface area (Å²) in [6, 6.07) is 7.36. The molecule has 1 aliphatic heterocycles. The largest absolute Gasteiger partial charge is 0.263 e. The van der Waals surface area contributed by atoms with Gasteiger partial charge >= 0.3 is 0 Å². The van der Waals surface area contributed by atoms with Crippen LogP contribution >= 0.6 is 23.2 Å². The van der Waals surface area contributed by atoms with Crippen molar-refractivity contribution in [2.45, 2.75) is 0 Å². The van der Waals surface area contributed by atoms with Gasteiger partial charge in [0.1, 0.15) is 6.07 Å². The summed E-state index contributed by atoms with van der Waals surface area (Å²) in [6.07, 6.45) is 3.11. The molecule has 2 nitrogen and oxygen atoms in total. The maximum Gasteiger partial charge on any atom is 0.101 e. The predicted octanol–water partition coefficient (Wildman–Crippen LogP) is 3.36. The Bertz CT molecular complexity index is 510. The molecule has 2 rings (SSSR count). The van der Waals surface area contributed by atoms with Crippen molar-refractivity contribution in [3.05, 3.63) is 51.8 Å². The quantitative estimate of drug-likeness (QED) is 0.736. The number of halogens is 2. The molecule has 0 atom stereocenters. The van der Waals surface area contributed by atoms with Crippen molar-refractivity contribution in [2.24, 2.45) is 0 Å². The van der Waals surface area contributed by atoms with Gasteiger partial charge in [0.05, 0.1) is 15.6 Å². The van der Waals surface area contributed by atoms with Crippen molar-refractivity contribution < 1.29 is 0 Å². The number of nitrogens with zero attached hydrogens (tertiary/aromatic N) is 2. The van der Waals surface area contributed by atoms with Gasteiger partial charge in [0.15, 0.2) is 0 Å². The lowest BCUT2D eigenvalue weighted by Crippen LogP contribution is -1.87. The maximum atomic E-state index is 8.86. The number of hydrogen-bond acceptors (Lipinski definition) is 1. The van der Waals surface area contributed by atoms with Crippen LogP contribution in [0.3, 0.4) is 0 Å². The maximum absolute atomic E-state index is 8.86. The van der Waals surface area contributed by atoms with Gasteiger partial charge in [-0.25, -0.2) is 0 Å². The molecule has 1 heterocycles. The lowest BCUT2D eigenvalue weighted by atomic mass is 10.0. The first kappa shape index (κ1) is 10.1. The zero-order valence-electron chi connectivity index (χ0n) is 7.54. The molecule has 0 aromatic heterocycles. The summed E-state index contributed by atoms with van der Waals surface area (Å²) in [5.74, 6) is 0. The summed E-state index contributed by atoms with van der Waals surface area (Å²) in [5.41, 5.74) is 1.95. The van der Waals surface area contributed by atoms with Crippen molar-refractivity contribution in [2.75, 3.05) is 0 Å². The Kier molecular flexibility index (Phi) is 2.68. The van der Waals surface area contributed by atoms with E-state index in [1.165, 1.54) is 6.20 Å². The minimum atomic E-state index is 0.448. The predicted molar refractivity (Wildman–Crippen MR) is 60.3 cm³/mol. The van der Waals surface area contributed by atoms with Gasteiger partial charge in [-0.2, -0.15) is 5.26 Å². The van der Waals surface area contributed by atoms with E-state index in [2.05, 4.69) is 11.4 Å². The van der Waals surface area contributed by atoms with Crippen LogP contribution in [0.25, 0.3) is 5.57 Å². The van der Waals surface area contributed by atoms with E-state index in [0.717, 1.165) is 5.56 Å². The monoisotopic (exact) mass is 235 g/mol. The molecule has 1 radical (unpaired) electrons. The molecule has 0 N–H and O–H groups in total. The molecular formula is C11H5Cl2N2. The highest BCUT2D eigenvalue weighted by Gasteiger charge is 2.16. The van der Waals surface area contributed by atoms with E-state index in [4.69, 9.17) is 28.5 Å². The number of hydrogen-bond donors (Lipinski definition) is 0. The van der Waals surface area contributed by atoms with Crippen LogP contribution in [0.2, 0.25) is 10.0 Å². The Morgan fingerprint density at radius 2 is 2.00 bits per heavy atom. The molecule has 1 aromatic carbocycles. The molecule has 0 fully saturated rings. The molecule has 0 saturated heterocycles. The Morgan fingerprint density at radius 1 is 1.20 bits per heavy atom. The highest BCUT2D eigenvalue weighted by atomic mass is 35.5. The second-order valence-electron chi connectivity index (χ2n) is 2.95. The Labute approximate surface area is 97.4 Å². The lowest BCUT2D eigenvalue weighted by Gasteiger charge is -2.05. The van der Waals surface area contributed by atoms with Crippen molar-refractivity contribution in [3.8, 4) is 6.07 Å². The van der Waals surface area contributed by atoms with E-state index < -0.39 is 0 Å². The summed E-state index contributed by atoms with van der Waals surface area (Å²) in [4.78, 5) is 0. The molecule has 0 saturated carbocycles. The number of rotatable bonds is 1. The van der Waals surface area contributed by atoms with Crippen molar-refractivity contribution >= 4 is 28.8 Å². The molecule has 1 aliphatic rings. The van der Waals surface area contributed by atoms with E-state index >= 15 is 0 Å². The van der Waals surface area contributed by atoms with Crippen LogP contribution in [0.4, 0.5) is 0 Å². The van der Waals surface area contributed by atoms with Gasteiger partial charge in [-0.15, -0.1) is 0 Å². The minimum absolute atomic E-state index is 0.448. The van der Waals surface area contributed by atoms with Crippen molar-refractivity contribution in [3.63, 3.8) is 0 Å². The van der Waals surface area contributed by atoms with E-state index in [1.807, 2.05) is 6.07 Å². The Hall–Kier alpha value is -1.43. The third kappa shape index (κ3) is 1.72. The highest BCUT2D eigenvalue weighted by molar-refractivity contribution is 6.43. The van der Waals surface area contributed by atoms with Gasteiger partial charge in [0.25, 0.3) is 0 Å². The zero-order valence-corrected chi connectivity index (χ0v) is 9.05. The van der Waals surface area contributed by atoms with Gasteiger partial charge in [-0.1, -0.05) is 35.3 Å². The zero-order chi connectivity index (χ0) is 10.8. The molecular weight excluding hydrogens is 231 g/mol. The van der Waals surface area contributed by atoms with Crippen molar-refractivity contribution in [1.29, 1.82) is 5.26 Å². The molecule has 15 heavy (non-hydrogen) atoms. The number of allylic oxidation sites excluding steroid dienone is 2.